The number of likely N-dealkylation sites (tertiary alicyclic amines) is 1. The van der Waals surface area contributed by atoms with Gasteiger partial charge in [0.1, 0.15) is 0 Å². The first-order valence-electron chi connectivity index (χ1n) is 10.1. The van der Waals surface area contributed by atoms with Crippen LogP contribution in [0.15, 0.2) is 54.6 Å². The number of benzene rings is 2. The van der Waals surface area contributed by atoms with E-state index in [1.165, 1.54) is 5.56 Å². The van der Waals surface area contributed by atoms with Crippen LogP contribution in [0.3, 0.4) is 0 Å². The predicted octanol–water partition coefficient (Wildman–Crippen LogP) is 3.72. The van der Waals surface area contributed by atoms with E-state index < -0.39 is 0 Å². The summed E-state index contributed by atoms with van der Waals surface area (Å²) in [6, 6.07) is 18.3. The van der Waals surface area contributed by atoms with Gasteiger partial charge in [-0.2, -0.15) is 0 Å². The fourth-order valence-corrected chi connectivity index (χ4v) is 4.88. The van der Waals surface area contributed by atoms with Crippen molar-refractivity contribution < 1.29 is 4.79 Å². The summed E-state index contributed by atoms with van der Waals surface area (Å²) in [7, 11) is 2.20. The molecule has 2 aromatic carbocycles. The number of nitrogens with zero attached hydrogens (tertiary/aromatic N) is 3. The molecule has 2 fully saturated rings. The largest absolute Gasteiger partial charge is 0.336 e. The third-order valence-electron chi connectivity index (χ3n) is 6.40. The molecule has 0 radical (unpaired) electrons. The fourth-order valence-electron chi connectivity index (χ4n) is 4.67. The van der Waals surface area contributed by atoms with E-state index in [1.54, 1.807) is 6.07 Å². The van der Waals surface area contributed by atoms with E-state index >= 15 is 0 Å². The van der Waals surface area contributed by atoms with Crippen LogP contribution >= 0.6 is 11.6 Å². The molecule has 0 aliphatic carbocycles. The number of carbonyl (C=O) groups excluding carboxylic acids is 1. The molecule has 0 spiro atoms. The van der Waals surface area contributed by atoms with Gasteiger partial charge in [0, 0.05) is 31.7 Å². The van der Waals surface area contributed by atoms with Gasteiger partial charge in [-0.15, -0.1) is 0 Å². The Labute approximate surface area is 172 Å². The van der Waals surface area contributed by atoms with Crippen LogP contribution < -0.4 is 0 Å². The lowest BCUT2D eigenvalue weighted by molar-refractivity contribution is -0.00752. The SMILES string of the molecule is CN1CCC(c2ccccc2)(N2CCN(C(=O)c3ccccc3Cl)CC2)CC1. The van der Waals surface area contributed by atoms with Gasteiger partial charge in [0.2, 0.25) is 0 Å². The Morgan fingerprint density at radius 1 is 0.857 bits per heavy atom. The maximum atomic E-state index is 12.9. The Morgan fingerprint density at radius 3 is 2.11 bits per heavy atom. The van der Waals surface area contributed by atoms with Crippen molar-refractivity contribution in [1.82, 2.24) is 14.7 Å². The van der Waals surface area contributed by atoms with Crippen LogP contribution in [-0.2, 0) is 5.54 Å². The highest BCUT2D eigenvalue weighted by molar-refractivity contribution is 6.33. The van der Waals surface area contributed by atoms with Gasteiger partial charge in [-0.05, 0) is 50.7 Å². The molecule has 4 rings (SSSR count). The van der Waals surface area contributed by atoms with Gasteiger partial charge in [0.15, 0.2) is 0 Å². The molecule has 0 unspecified atom stereocenters. The third-order valence-corrected chi connectivity index (χ3v) is 6.73. The summed E-state index contributed by atoms with van der Waals surface area (Å²) in [5.74, 6) is 0.0439. The van der Waals surface area contributed by atoms with E-state index in [4.69, 9.17) is 11.6 Å². The summed E-state index contributed by atoms with van der Waals surface area (Å²) in [6.45, 7) is 5.49. The smallest absolute Gasteiger partial charge is 0.255 e. The quantitative estimate of drug-likeness (QED) is 0.789. The number of amides is 1. The van der Waals surface area contributed by atoms with Gasteiger partial charge in [-0.1, -0.05) is 54.1 Å². The standard InChI is InChI=1S/C23H28ClN3O/c1-25-13-11-23(12-14-25,19-7-3-2-4-8-19)27-17-15-26(16-18-27)22(28)20-9-5-6-10-21(20)24/h2-10H,11-18H2,1H3. The fraction of sp³-hybridized carbons (Fsp3) is 0.435. The van der Waals surface area contributed by atoms with E-state index in [2.05, 4.69) is 47.2 Å². The van der Waals surface area contributed by atoms with Crippen molar-refractivity contribution in [1.29, 1.82) is 0 Å². The highest BCUT2D eigenvalue weighted by Crippen LogP contribution is 2.39. The van der Waals surface area contributed by atoms with Crippen molar-refractivity contribution in [2.24, 2.45) is 0 Å². The van der Waals surface area contributed by atoms with Crippen LogP contribution in [0.4, 0.5) is 0 Å². The van der Waals surface area contributed by atoms with E-state index in [9.17, 15) is 4.79 Å². The lowest BCUT2D eigenvalue weighted by Gasteiger charge is -2.51. The number of carbonyl (C=O) groups is 1. The maximum absolute atomic E-state index is 12.9. The molecule has 1 amide bonds. The molecule has 0 aromatic heterocycles. The maximum Gasteiger partial charge on any atom is 0.255 e. The van der Waals surface area contributed by atoms with Crippen molar-refractivity contribution in [3.63, 3.8) is 0 Å². The Balaban J connectivity index is 1.51. The van der Waals surface area contributed by atoms with Crippen LogP contribution in [0.5, 0.6) is 0 Å². The summed E-state index contributed by atoms with van der Waals surface area (Å²) >= 11 is 6.24. The molecule has 2 aromatic rings. The summed E-state index contributed by atoms with van der Waals surface area (Å²) < 4.78 is 0. The lowest BCUT2D eigenvalue weighted by atomic mass is 9.79. The van der Waals surface area contributed by atoms with Gasteiger partial charge >= 0.3 is 0 Å². The second-order valence-electron chi connectivity index (χ2n) is 7.96. The molecule has 0 N–H and O–H groups in total. The number of hydrogen-bond donors (Lipinski definition) is 0. The minimum atomic E-state index is 0.0439. The first kappa shape index (κ1) is 19.4. The van der Waals surface area contributed by atoms with Crippen molar-refractivity contribution >= 4 is 17.5 Å². The molecule has 2 aliphatic rings. The van der Waals surface area contributed by atoms with E-state index in [0.717, 1.165) is 52.1 Å². The molecule has 0 bridgehead atoms. The molecule has 4 nitrogen and oxygen atoms in total. The first-order valence-corrected chi connectivity index (χ1v) is 10.5. The third kappa shape index (κ3) is 3.69. The number of piperidine rings is 1. The number of piperazine rings is 1. The molecule has 0 saturated carbocycles. The molecule has 2 aliphatic heterocycles. The Morgan fingerprint density at radius 2 is 1.46 bits per heavy atom. The normalized spacial score (nSPS) is 20.9. The van der Waals surface area contributed by atoms with Gasteiger partial charge < -0.3 is 9.80 Å². The van der Waals surface area contributed by atoms with Crippen LogP contribution in [0.25, 0.3) is 0 Å². The van der Waals surface area contributed by atoms with Crippen LogP contribution in [-0.4, -0.2) is 66.9 Å². The average Bonchev–Trinajstić information content (AvgIpc) is 2.75. The van der Waals surface area contributed by atoms with Crippen LogP contribution in [0.2, 0.25) is 5.02 Å². The average molecular weight is 398 g/mol. The Hall–Kier alpha value is -1.88. The second-order valence-corrected chi connectivity index (χ2v) is 8.37. The second kappa shape index (κ2) is 8.24. The minimum Gasteiger partial charge on any atom is -0.336 e. The molecule has 5 heteroatoms. The van der Waals surface area contributed by atoms with Gasteiger partial charge in [-0.25, -0.2) is 0 Å². The lowest BCUT2D eigenvalue weighted by Crippen LogP contribution is -2.59. The van der Waals surface area contributed by atoms with E-state index in [-0.39, 0.29) is 11.4 Å². The minimum absolute atomic E-state index is 0.0439. The zero-order valence-corrected chi connectivity index (χ0v) is 17.2. The van der Waals surface area contributed by atoms with Gasteiger partial charge in [0.05, 0.1) is 10.6 Å². The van der Waals surface area contributed by atoms with Crippen molar-refractivity contribution in [2.75, 3.05) is 46.3 Å². The number of hydrogen-bond acceptors (Lipinski definition) is 3. The highest BCUT2D eigenvalue weighted by atomic mass is 35.5. The molecular weight excluding hydrogens is 370 g/mol. The number of rotatable bonds is 3. The molecule has 28 heavy (non-hydrogen) atoms. The van der Waals surface area contributed by atoms with Crippen molar-refractivity contribution in [3.8, 4) is 0 Å². The molecule has 148 valence electrons. The summed E-state index contributed by atoms with van der Waals surface area (Å²) in [6.07, 6.45) is 2.26. The van der Waals surface area contributed by atoms with Gasteiger partial charge in [-0.3, -0.25) is 9.69 Å². The van der Waals surface area contributed by atoms with Gasteiger partial charge in [0.25, 0.3) is 5.91 Å². The molecular formula is C23H28ClN3O. The van der Waals surface area contributed by atoms with Crippen LogP contribution in [0, 0.1) is 0 Å². The number of halogens is 1. The summed E-state index contributed by atoms with van der Waals surface area (Å²) in [5.41, 5.74) is 2.09. The monoisotopic (exact) mass is 397 g/mol. The zero-order chi connectivity index (χ0) is 19.6. The summed E-state index contributed by atoms with van der Waals surface area (Å²) in [4.78, 5) is 19.9. The molecule has 0 atom stereocenters. The van der Waals surface area contributed by atoms with Crippen molar-refractivity contribution in [2.45, 2.75) is 18.4 Å². The zero-order valence-electron chi connectivity index (χ0n) is 16.5. The topological polar surface area (TPSA) is 26.8 Å². The highest BCUT2D eigenvalue weighted by Gasteiger charge is 2.42. The Kier molecular flexibility index (Phi) is 5.72. The van der Waals surface area contributed by atoms with E-state index in [0.29, 0.717) is 10.6 Å². The first-order chi connectivity index (χ1) is 13.6. The molecule has 2 heterocycles. The molecule has 2 saturated heterocycles. The summed E-state index contributed by atoms with van der Waals surface area (Å²) in [5, 5.41) is 0.533. The predicted molar refractivity (Wildman–Crippen MR) is 114 cm³/mol. The Bertz CT molecular complexity index is 810. The van der Waals surface area contributed by atoms with Crippen molar-refractivity contribution in [3.05, 3.63) is 70.7 Å². The van der Waals surface area contributed by atoms with E-state index in [1.807, 2.05) is 23.1 Å². The van der Waals surface area contributed by atoms with Crippen LogP contribution in [0.1, 0.15) is 28.8 Å².